The SMILES string of the molecule is Cc1cc(C)cc(P(CC2CC(P(c3cc(C)cc(C)c3)c3cc(C)cc(C)c3)CN2C(=O)OC(C)(C)C)c2cc(C)cc(C)c2)c1. The second-order valence-corrected chi connectivity index (χ2v) is 19.8. The third-order valence-electron chi connectivity index (χ3n) is 8.78. The Hall–Kier alpha value is -2.99. The quantitative estimate of drug-likeness (QED) is 0.184. The molecular formula is C42H53NO2P2. The van der Waals surface area contributed by atoms with E-state index in [4.69, 9.17) is 4.74 Å². The van der Waals surface area contributed by atoms with Crippen LogP contribution >= 0.6 is 15.8 Å². The molecule has 2 unspecified atom stereocenters. The zero-order valence-electron chi connectivity index (χ0n) is 30.4. The summed E-state index contributed by atoms with van der Waals surface area (Å²) in [5.74, 6) is 0. The summed E-state index contributed by atoms with van der Waals surface area (Å²) in [6.45, 7) is 24.2. The van der Waals surface area contributed by atoms with Gasteiger partial charge in [0.25, 0.3) is 0 Å². The lowest BCUT2D eigenvalue weighted by molar-refractivity contribution is 0.0242. The first-order valence-electron chi connectivity index (χ1n) is 16.9. The number of ether oxygens (including phenoxy) is 1. The molecule has 5 rings (SSSR count). The number of carbonyl (C=O) groups excluding carboxylic acids is 1. The average molecular weight is 666 g/mol. The number of likely N-dealkylation sites (tertiary alicyclic amines) is 1. The molecule has 0 saturated carbocycles. The molecule has 4 aromatic rings. The summed E-state index contributed by atoms with van der Waals surface area (Å²) in [4.78, 5) is 16.2. The predicted octanol–water partition coefficient (Wildman–Crippen LogP) is 9.10. The van der Waals surface area contributed by atoms with Crippen molar-refractivity contribution in [3.63, 3.8) is 0 Å². The summed E-state index contributed by atoms with van der Waals surface area (Å²) in [7, 11) is -1.45. The average Bonchev–Trinajstić information content (AvgIpc) is 3.32. The van der Waals surface area contributed by atoms with Crippen LogP contribution in [0, 0.1) is 55.4 Å². The van der Waals surface area contributed by atoms with Gasteiger partial charge in [-0.05, 0) is 126 Å². The van der Waals surface area contributed by atoms with E-state index in [1.54, 1.807) is 0 Å². The molecule has 0 aliphatic carbocycles. The Bertz CT molecular complexity index is 1590. The van der Waals surface area contributed by atoms with Crippen LogP contribution in [0.15, 0.2) is 72.8 Å². The van der Waals surface area contributed by atoms with E-state index in [9.17, 15) is 4.79 Å². The fourth-order valence-corrected chi connectivity index (χ4v) is 13.6. The highest BCUT2D eigenvalue weighted by atomic mass is 31.1. The van der Waals surface area contributed by atoms with Crippen LogP contribution in [0.25, 0.3) is 0 Å². The van der Waals surface area contributed by atoms with Gasteiger partial charge in [-0.1, -0.05) is 117 Å². The van der Waals surface area contributed by atoms with Crippen LogP contribution in [-0.4, -0.2) is 41.0 Å². The highest BCUT2D eigenvalue weighted by Gasteiger charge is 2.43. The molecular weight excluding hydrogens is 612 g/mol. The summed E-state index contributed by atoms with van der Waals surface area (Å²) < 4.78 is 6.14. The van der Waals surface area contributed by atoms with E-state index in [-0.39, 0.29) is 12.1 Å². The van der Waals surface area contributed by atoms with Crippen LogP contribution in [0.4, 0.5) is 4.79 Å². The van der Waals surface area contributed by atoms with Crippen molar-refractivity contribution < 1.29 is 9.53 Å². The molecule has 3 nitrogen and oxygen atoms in total. The Morgan fingerprint density at radius 3 is 1.30 bits per heavy atom. The lowest BCUT2D eigenvalue weighted by atomic mass is 10.2. The summed E-state index contributed by atoms with van der Waals surface area (Å²) in [6.07, 6.45) is 1.69. The minimum atomic E-state index is -0.724. The molecule has 0 radical (unpaired) electrons. The minimum Gasteiger partial charge on any atom is -0.444 e. The molecule has 47 heavy (non-hydrogen) atoms. The van der Waals surface area contributed by atoms with E-state index in [0.29, 0.717) is 12.2 Å². The molecule has 1 aliphatic rings. The van der Waals surface area contributed by atoms with Gasteiger partial charge in [-0.3, -0.25) is 0 Å². The van der Waals surface area contributed by atoms with Crippen molar-refractivity contribution in [1.29, 1.82) is 0 Å². The van der Waals surface area contributed by atoms with Crippen molar-refractivity contribution in [2.24, 2.45) is 0 Å². The lowest BCUT2D eigenvalue weighted by Gasteiger charge is -2.31. The van der Waals surface area contributed by atoms with Gasteiger partial charge in [0.2, 0.25) is 0 Å². The number of aryl methyl sites for hydroxylation is 8. The molecule has 1 heterocycles. The molecule has 1 aliphatic heterocycles. The maximum absolute atomic E-state index is 14.1. The van der Waals surface area contributed by atoms with Crippen LogP contribution in [0.1, 0.15) is 71.7 Å². The lowest BCUT2D eigenvalue weighted by Crippen LogP contribution is -2.42. The van der Waals surface area contributed by atoms with Gasteiger partial charge in [-0.2, -0.15) is 0 Å². The van der Waals surface area contributed by atoms with E-state index in [0.717, 1.165) is 12.6 Å². The van der Waals surface area contributed by atoms with Crippen LogP contribution in [0.3, 0.4) is 0 Å². The van der Waals surface area contributed by atoms with Gasteiger partial charge >= 0.3 is 6.09 Å². The summed E-state index contributed by atoms with van der Waals surface area (Å²) in [5.41, 5.74) is 10.1. The highest BCUT2D eigenvalue weighted by Crippen LogP contribution is 2.49. The second-order valence-electron chi connectivity index (χ2n) is 15.0. The van der Waals surface area contributed by atoms with E-state index >= 15 is 0 Å². The zero-order valence-corrected chi connectivity index (χ0v) is 32.2. The molecule has 0 bridgehead atoms. The maximum atomic E-state index is 14.1. The summed E-state index contributed by atoms with van der Waals surface area (Å²) in [5, 5.41) is 5.59. The number of carbonyl (C=O) groups is 1. The van der Waals surface area contributed by atoms with Crippen molar-refractivity contribution in [3.05, 3.63) is 117 Å². The second kappa shape index (κ2) is 14.2. The molecule has 248 valence electrons. The van der Waals surface area contributed by atoms with Crippen molar-refractivity contribution in [2.45, 2.75) is 99.9 Å². The molecule has 1 saturated heterocycles. The van der Waals surface area contributed by atoms with Crippen LogP contribution in [-0.2, 0) is 4.74 Å². The van der Waals surface area contributed by atoms with E-state index in [1.165, 1.54) is 65.7 Å². The van der Waals surface area contributed by atoms with Crippen LogP contribution < -0.4 is 21.2 Å². The molecule has 2 atom stereocenters. The van der Waals surface area contributed by atoms with Crippen molar-refractivity contribution in [3.8, 4) is 0 Å². The zero-order chi connectivity index (χ0) is 34.2. The van der Waals surface area contributed by atoms with E-state index in [2.05, 4.69) is 133 Å². The number of amides is 1. The Morgan fingerprint density at radius 2 is 0.957 bits per heavy atom. The molecule has 1 amide bonds. The first-order chi connectivity index (χ1) is 22.0. The topological polar surface area (TPSA) is 29.5 Å². The number of hydrogen-bond acceptors (Lipinski definition) is 2. The first kappa shape index (κ1) is 35.3. The molecule has 5 heteroatoms. The number of benzene rings is 4. The van der Waals surface area contributed by atoms with Crippen LogP contribution in [0.2, 0.25) is 0 Å². The largest absolute Gasteiger partial charge is 0.444 e. The first-order valence-corrected chi connectivity index (χ1v) is 19.9. The van der Waals surface area contributed by atoms with Crippen molar-refractivity contribution in [2.75, 3.05) is 12.7 Å². The van der Waals surface area contributed by atoms with E-state index < -0.39 is 21.4 Å². The Balaban J connectivity index is 1.62. The van der Waals surface area contributed by atoms with Gasteiger partial charge in [0.05, 0.1) is 0 Å². The van der Waals surface area contributed by atoms with Gasteiger partial charge < -0.3 is 9.64 Å². The minimum absolute atomic E-state index is 0.0735. The smallest absolute Gasteiger partial charge is 0.410 e. The maximum Gasteiger partial charge on any atom is 0.410 e. The normalized spacial score (nSPS) is 16.7. The predicted molar refractivity (Wildman–Crippen MR) is 206 cm³/mol. The number of nitrogens with zero attached hydrogens (tertiary/aromatic N) is 1. The Kier molecular flexibility index (Phi) is 10.7. The highest BCUT2D eigenvalue weighted by molar-refractivity contribution is 7.74. The van der Waals surface area contributed by atoms with Gasteiger partial charge in [-0.15, -0.1) is 0 Å². The van der Waals surface area contributed by atoms with E-state index in [1.807, 2.05) is 20.8 Å². The van der Waals surface area contributed by atoms with Gasteiger partial charge in [0, 0.05) is 18.2 Å². The Morgan fingerprint density at radius 1 is 0.617 bits per heavy atom. The number of rotatable bonds is 7. The Labute approximate surface area is 286 Å². The standard InChI is InChI=1S/C42H53NO2P2/c1-27-12-28(2)17-36(16-27)46(37-18-29(3)13-30(4)19-37)26-35-24-40(25-43(35)41(44)45-42(9,10)11)47(38-20-31(5)14-32(6)21-38)39-22-33(7)15-34(8)23-39/h12-23,35,40H,24-26H2,1-11H3. The summed E-state index contributed by atoms with van der Waals surface area (Å²) >= 11 is 0. The molecule has 4 aromatic carbocycles. The third-order valence-corrected chi connectivity index (χ3v) is 14.1. The van der Waals surface area contributed by atoms with Crippen LogP contribution in [0.5, 0.6) is 0 Å². The molecule has 0 N–H and O–H groups in total. The fourth-order valence-electron chi connectivity index (χ4n) is 7.33. The molecule has 1 fully saturated rings. The fraction of sp³-hybridized carbons (Fsp3) is 0.405. The third kappa shape index (κ3) is 8.93. The van der Waals surface area contributed by atoms with Gasteiger partial charge in [0.15, 0.2) is 0 Å². The molecule has 0 aromatic heterocycles. The van der Waals surface area contributed by atoms with Crippen molar-refractivity contribution >= 4 is 43.2 Å². The number of hydrogen-bond donors (Lipinski definition) is 0. The van der Waals surface area contributed by atoms with Crippen molar-refractivity contribution in [1.82, 2.24) is 4.90 Å². The summed E-state index contributed by atoms with van der Waals surface area (Å²) in [6, 6.07) is 28.2. The monoisotopic (exact) mass is 665 g/mol. The van der Waals surface area contributed by atoms with Gasteiger partial charge in [0.1, 0.15) is 5.60 Å². The van der Waals surface area contributed by atoms with Gasteiger partial charge in [-0.25, -0.2) is 4.79 Å². The molecule has 0 spiro atoms.